The molecular weight excluding hydrogens is 80.0 g/mol. The van der Waals surface area contributed by atoms with Gasteiger partial charge in [0.2, 0.25) is 0 Å². The van der Waals surface area contributed by atoms with Gasteiger partial charge in [0.25, 0.3) is 0 Å². The van der Waals surface area contributed by atoms with Gasteiger partial charge in [0, 0.05) is 0 Å². The molecule has 0 aromatic carbocycles. The van der Waals surface area contributed by atoms with Crippen molar-refractivity contribution in [1.29, 1.82) is 0 Å². The molecule has 2 heteroatoms. The summed E-state index contributed by atoms with van der Waals surface area (Å²) >= 11 is 0. The smallest absolute Gasteiger partial charge is 0.137 e. The van der Waals surface area contributed by atoms with Gasteiger partial charge in [-0.1, -0.05) is 5.92 Å². The molecule has 34 valence electrons. The van der Waals surface area contributed by atoms with E-state index in [4.69, 9.17) is 10.2 Å². The molecule has 0 aliphatic heterocycles. The number of aliphatic hydroxyl groups excluding tert-OH is 2. The predicted octanol–water partition coefficient (Wildman–Crippen LogP) is -1.03. The molecular formula is C4H6O2. The second-order valence-electron chi connectivity index (χ2n) is 0.865. The van der Waals surface area contributed by atoms with E-state index < -0.39 is 6.10 Å². The summed E-state index contributed by atoms with van der Waals surface area (Å²) in [6.07, 6.45) is 3.64. The minimum absolute atomic E-state index is 0.351. The Balaban J connectivity index is 3.04. The zero-order valence-corrected chi connectivity index (χ0v) is 3.26. The maximum Gasteiger partial charge on any atom is 0.137 e. The van der Waals surface area contributed by atoms with E-state index in [-0.39, 0.29) is 6.61 Å². The van der Waals surface area contributed by atoms with E-state index >= 15 is 0 Å². The summed E-state index contributed by atoms with van der Waals surface area (Å²) in [7, 11) is 0. The molecule has 2 N–H and O–H groups in total. The highest BCUT2D eigenvalue weighted by molar-refractivity contribution is 4.92. The maximum atomic E-state index is 8.18. The van der Waals surface area contributed by atoms with Crippen molar-refractivity contribution in [3.05, 3.63) is 0 Å². The Hall–Kier alpha value is -0.520. The van der Waals surface area contributed by atoms with Gasteiger partial charge >= 0.3 is 0 Å². The molecule has 1 atom stereocenters. The molecule has 0 aliphatic rings. The lowest BCUT2D eigenvalue weighted by molar-refractivity contribution is 0.138. The molecule has 0 aromatic heterocycles. The first-order valence-electron chi connectivity index (χ1n) is 1.56. The van der Waals surface area contributed by atoms with Crippen LogP contribution >= 0.6 is 0 Å². The zero-order valence-electron chi connectivity index (χ0n) is 3.26. The average Bonchev–Trinajstić information content (AvgIpc) is 1.65. The maximum absolute atomic E-state index is 8.18. The lowest BCUT2D eigenvalue weighted by atomic mass is 10.4. The molecule has 6 heavy (non-hydrogen) atoms. The Bertz CT molecular complexity index is 62.4. The van der Waals surface area contributed by atoms with Crippen molar-refractivity contribution in [1.82, 2.24) is 0 Å². The van der Waals surface area contributed by atoms with Crippen LogP contribution in [0.5, 0.6) is 0 Å². The van der Waals surface area contributed by atoms with Gasteiger partial charge in [-0.2, -0.15) is 0 Å². The number of hydrogen-bond acceptors (Lipinski definition) is 2. The van der Waals surface area contributed by atoms with E-state index in [1.54, 1.807) is 0 Å². The Morgan fingerprint density at radius 3 is 2.33 bits per heavy atom. The molecule has 0 unspecified atom stereocenters. The molecule has 0 saturated heterocycles. The predicted molar refractivity (Wildman–Crippen MR) is 21.9 cm³/mol. The molecule has 0 radical (unpaired) electrons. The summed E-state index contributed by atoms with van der Waals surface area (Å²) in [6.45, 7) is -0.351. The lowest BCUT2D eigenvalue weighted by Crippen LogP contribution is -2.06. The second-order valence-corrected chi connectivity index (χ2v) is 0.865. The van der Waals surface area contributed by atoms with Crippen LogP contribution in [0, 0.1) is 12.3 Å². The van der Waals surface area contributed by atoms with Gasteiger partial charge in [0.1, 0.15) is 6.10 Å². The van der Waals surface area contributed by atoms with Crippen molar-refractivity contribution in [3.8, 4) is 12.3 Å². The summed E-state index contributed by atoms with van der Waals surface area (Å²) in [5.41, 5.74) is 0. The Labute approximate surface area is 36.4 Å². The van der Waals surface area contributed by atoms with Crippen LogP contribution in [0.4, 0.5) is 0 Å². The first-order valence-corrected chi connectivity index (χ1v) is 1.56. The minimum Gasteiger partial charge on any atom is -0.393 e. The third-order valence-electron chi connectivity index (χ3n) is 0.365. The van der Waals surface area contributed by atoms with Crippen molar-refractivity contribution < 1.29 is 10.2 Å². The van der Waals surface area contributed by atoms with E-state index in [2.05, 4.69) is 6.42 Å². The quantitative estimate of drug-likeness (QED) is 0.401. The lowest BCUT2D eigenvalue weighted by Gasteiger charge is -1.89. The number of rotatable bonds is 1. The van der Waals surface area contributed by atoms with Crippen LogP contribution in [0.25, 0.3) is 0 Å². The van der Waals surface area contributed by atoms with Crippen molar-refractivity contribution >= 4 is 0 Å². The molecule has 0 heterocycles. The van der Waals surface area contributed by atoms with E-state index in [1.165, 1.54) is 0 Å². The first-order chi connectivity index (χ1) is 2.81. The first kappa shape index (κ1) is 5.48. The van der Waals surface area contributed by atoms with Crippen molar-refractivity contribution in [2.24, 2.45) is 0 Å². The monoisotopic (exact) mass is 86.0 g/mol. The summed E-state index contributed by atoms with van der Waals surface area (Å²) in [5, 5.41) is 16.1. The Morgan fingerprint density at radius 1 is 1.83 bits per heavy atom. The molecule has 0 bridgehead atoms. The van der Waals surface area contributed by atoms with Crippen LogP contribution in [0.2, 0.25) is 0 Å². The highest BCUT2D eigenvalue weighted by Gasteiger charge is 1.88. The highest BCUT2D eigenvalue weighted by atomic mass is 16.3. The Kier molecular flexibility index (Phi) is 2.47. The van der Waals surface area contributed by atoms with Gasteiger partial charge in [-0.15, -0.1) is 6.42 Å². The normalized spacial score (nSPS) is 12.8. The van der Waals surface area contributed by atoms with Crippen LogP contribution in [-0.2, 0) is 0 Å². The fraction of sp³-hybridized carbons (Fsp3) is 0.500. The SMILES string of the molecule is C#C[C@H](O)CO. The summed E-state index contributed by atoms with van der Waals surface area (Å²) in [5.74, 6) is 1.92. The summed E-state index contributed by atoms with van der Waals surface area (Å²) in [4.78, 5) is 0. The van der Waals surface area contributed by atoms with Crippen LogP contribution in [0.1, 0.15) is 0 Å². The van der Waals surface area contributed by atoms with Gasteiger partial charge in [-0.05, 0) is 0 Å². The molecule has 2 nitrogen and oxygen atoms in total. The fourth-order valence-electron chi connectivity index (χ4n) is 0.0527. The third-order valence-corrected chi connectivity index (χ3v) is 0.365. The van der Waals surface area contributed by atoms with E-state index in [0.717, 1.165) is 0 Å². The van der Waals surface area contributed by atoms with Crippen molar-refractivity contribution in [3.63, 3.8) is 0 Å². The summed E-state index contributed by atoms with van der Waals surface area (Å²) in [6, 6.07) is 0. The molecule has 0 aliphatic carbocycles. The van der Waals surface area contributed by atoms with Crippen LogP contribution in [0.3, 0.4) is 0 Å². The Morgan fingerprint density at radius 2 is 2.33 bits per heavy atom. The fourth-order valence-corrected chi connectivity index (χ4v) is 0.0527. The molecule has 0 spiro atoms. The number of hydrogen-bond donors (Lipinski definition) is 2. The van der Waals surface area contributed by atoms with Crippen molar-refractivity contribution in [2.45, 2.75) is 6.10 Å². The van der Waals surface area contributed by atoms with Gasteiger partial charge < -0.3 is 10.2 Å². The standard InChI is InChI=1S/C4H6O2/c1-2-4(6)3-5/h1,4-6H,3H2/t4-/m0/s1. The van der Waals surface area contributed by atoms with Gasteiger partial charge in [-0.25, -0.2) is 0 Å². The van der Waals surface area contributed by atoms with Crippen LogP contribution < -0.4 is 0 Å². The van der Waals surface area contributed by atoms with Gasteiger partial charge in [0.15, 0.2) is 0 Å². The summed E-state index contributed by atoms with van der Waals surface area (Å²) < 4.78 is 0. The van der Waals surface area contributed by atoms with E-state index in [0.29, 0.717) is 0 Å². The molecule has 0 rings (SSSR count). The van der Waals surface area contributed by atoms with Crippen LogP contribution in [-0.4, -0.2) is 22.9 Å². The van der Waals surface area contributed by atoms with Gasteiger partial charge in [-0.3, -0.25) is 0 Å². The van der Waals surface area contributed by atoms with Crippen LogP contribution in [0.15, 0.2) is 0 Å². The molecule has 0 aromatic rings. The second kappa shape index (κ2) is 2.70. The largest absolute Gasteiger partial charge is 0.393 e. The highest BCUT2D eigenvalue weighted by Crippen LogP contribution is 1.69. The van der Waals surface area contributed by atoms with E-state index in [1.807, 2.05) is 5.92 Å². The minimum atomic E-state index is -0.981. The third kappa shape index (κ3) is 1.77. The number of terminal acetylenes is 1. The van der Waals surface area contributed by atoms with E-state index in [9.17, 15) is 0 Å². The average molecular weight is 86.1 g/mol. The zero-order chi connectivity index (χ0) is 4.99. The number of aliphatic hydroxyl groups is 2. The molecule has 0 fully saturated rings. The van der Waals surface area contributed by atoms with Gasteiger partial charge in [0.05, 0.1) is 6.61 Å². The molecule has 0 amide bonds. The molecule has 0 saturated carbocycles. The van der Waals surface area contributed by atoms with Crippen molar-refractivity contribution in [2.75, 3.05) is 6.61 Å². The topological polar surface area (TPSA) is 40.5 Å².